The molecule has 106 valence electrons. The number of hydrogen-bond donors (Lipinski definition) is 1. The van der Waals surface area contributed by atoms with E-state index in [0.717, 1.165) is 19.8 Å². The van der Waals surface area contributed by atoms with Crippen LogP contribution in [0, 0.1) is 5.41 Å². The summed E-state index contributed by atoms with van der Waals surface area (Å²) in [7, 11) is 0. The Kier molecular flexibility index (Phi) is 5.80. The van der Waals surface area contributed by atoms with Crippen LogP contribution in [-0.4, -0.2) is 61.8 Å². The molecule has 0 aromatic heterocycles. The van der Waals surface area contributed by atoms with E-state index in [1.165, 1.54) is 44.0 Å². The number of thioether (sulfide) groups is 1. The lowest BCUT2D eigenvalue weighted by molar-refractivity contribution is -0.00378. The van der Waals surface area contributed by atoms with Crippen molar-refractivity contribution >= 4 is 11.8 Å². The van der Waals surface area contributed by atoms with Crippen molar-refractivity contribution in [3.05, 3.63) is 0 Å². The van der Waals surface area contributed by atoms with Crippen LogP contribution in [0.1, 0.15) is 26.7 Å². The van der Waals surface area contributed by atoms with Gasteiger partial charge in [-0.25, -0.2) is 0 Å². The van der Waals surface area contributed by atoms with E-state index < -0.39 is 0 Å². The molecular weight excluding hydrogens is 244 g/mol. The molecule has 0 spiro atoms. The third-order valence-electron chi connectivity index (χ3n) is 4.10. The van der Waals surface area contributed by atoms with Crippen LogP contribution in [0.2, 0.25) is 0 Å². The quantitative estimate of drug-likeness (QED) is 0.825. The summed E-state index contributed by atoms with van der Waals surface area (Å²) in [5.41, 5.74) is 0.449. The first-order chi connectivity index (χ1) is 8.70. The van der Waals surface area contributed by atoms with Crippen LogP contribution in [0.3, 0.4) is 0 Å². The summed E-state index contributed by atoms with van der Waals surface area (Å²) in [6.45, 7) is 11.3. The monoisotopic (exact) mass is 272 g/mol. The van der Waals surface area contributed by atoms with Crippen molar-refractivity contribution < 1.29 is 4.74 Å². The topological polar surface area (TPSA) is 24.5 Å². The molecule has 2 rings (SSSR count). The summed E-state index contributed by atoms with van der Waals surface area (Å²) in [4.78, 5) is 2.67. The third-order valence-corrected chi connectivity index (χ3v) is 5.04. The molecule has 18 heavy (non-hydrogen) atoms. The van der Waals surface area contributed by atoms with Gasteiger partial charge in [0.25, 0.3) is 0 Å². The predicted molar refractivity (Wildman–Crippen MR) is 79.4 cm³/mol. The van der Waals surface area contributed by atoms with Gasteiger partial charge in [0.05, 0.1) is 0 Å². The highest BCUT2D eigenvalue weighted by Gasteiger charge is 2.34. The number of nitrogens with zero attached hydrogens (tertiary/aromatic N) is 1. The van der Waals surface area contributed by atoms with Crippen LogP contribution in [-0.2, 0) is 4.74 Å². The van der Waals surface area contributed by atoms with Crippen molar-refractivity contribution in [2.24, 2.45) is 5.41 Å². The minimum Gasteiger partial charge on any atom is -0.381 e. The molecule has 3 nitrogen and oxygen atoms in total. The van der Waals surface area contributed by atoms with E-state index in [4.69, 9.17) is 4.74 Å². The Labute approximate surface area is 116 Å². The van der Waals surface area contributed by atoms with Gasteiger partial charge >= 0.3 is 0 Å². The molecule has 0 saturated carbocycles. The standard InChI is InChI=1S/C14H28N2OS/c1-13(2)15-11-14(3-7-17-8-4-14)12-16-5-9-18-10-6-16/h13,15H,3-12H2,1-2H3. The van der Waals surface area contributed by atoms with Crippen LogP contribution >= 0.6 is 11.8 Å². The van der Waals surface area contributed by atoms with Crippen LogP contribution < -0.4 is 5.32 Å². The summed E-state index contributed by atoms with van der Waals surface area (Å²) < 4.78 is 5.57. The molecular formula is C14H28N2OS. The van der Waals surface area contributed by atoms with Crippen molar-refractivity contribution in [3.63, 3.8) is 0 Å². The number of ether oxygens (including phenoxy) is 1. The molecule has 0 aliphatic carbocycles. The average molecular weight is 272 g/mol. The maximum atomic E-state index is 5.57. The van der Waals surface area contributed by atoms with Crippen molar-refractivity contribution in [3.8, 4) is 0 Å². The Morgan fingerprint density at radius 2 is 1.89 bits per heavy atom. The summed E-state index contributed by atoms with van der Waals surface area (Å²) in [6, 6.07) is 0.585. The highest BCUT2D eigenvalue weighted by molar-refractivity contribution is 7.99. The Balaban J connectivity index is 1.90. The highest BCUT2D eigenvalue weighted by Crippen LogP contribution is 2.31. The molecule has 2 aliphatic rings. The summed E-state index contributed by atoms with van der Waals surface area (Å²) in [6.07, 6.45) is 2.44. The number of rotatable bonds is 5. The molecule has 0 radical (unpaired) electrons. The molecule has 4 heteroatoms. The summed E-state index contributed by atoms with van der Waals surface area (Å²) >= 11 is 2.10. The van der Waals surface area contributed by atoms with Gasteiger partial charge in [-0.15, -0.1) is 0 Å². The van der Waals surface area contributed by atoms with E-state index in [1.807, 2.05) is 0 Å². The molecule has 0 aromatic carbocycles. The second-order valence-electron chi connectivity index (χ2n) is 6.04. The lowest BCUT2D eigenvalue weighted by Gasteiger charge is -2.42. The van der Waals surface area contributed by atoms with E-state index in [1.54, 1.807) is 0 Å². The van der Waals surface area contributed by atoms with E-state index in [2.05, 4.69) is 35.8 Å². The van der Waals surface area contributed by atoms with Crippen molar-refractivity contribution in [2.45, 2.75) is 32.7 Å². The lowest BCUT2D eigenvalue weighted by Crippen LogP contribution is -2.50. The fraction of sp³-hybridized carbons (Fsp3) is 1.00. The van der Waals surface area contributed by atoms with Gasteiger partial charge in [0.1, 0.15) is 0 Å². The van der Waals surface area contributed by atoms with Crippen molar-refractivity contribution in [1.82, 2.24) is 10.2 Å². The minimum atomic E-state index is 0.449. The fourth-order valence-corrected chi connectivity index (χ4v) is 3.83. The average Bonchev–Trinajstić information content (AvgIpc) is 2.39. The van der Waals surface area contributed by atoms with Gasteiger partial charge in [-0.3, -0.25) is 0 Å². The van der Waals surface area contributed by atoms with Crippen LogP contribution in [0.15, 0.2) is 0 Å². The van der Waals surface area contributed by atoms with Gasteiger partial charge < -0.3 is 15.0 Å². The minimum absolute atomic E-state index is 0.449. The van der Waals surface area contributed by atoms with Crippen LogP contribution in [0.5, 0.6) is 0 Å². The fourth-order valence-electron chi connectivity index (χ4n) is 2.85. The predicted octanol–water partition coefficient (Wildman–Crippen LogP) is 1.83. The molecule has 2 heterocycles. The molecule has 2 aliphatic heterocycles. The van der Waals surface area contributed by atoms with Gasteiger partial charge in [0.2, 0.25) is 0 Å². The molecule has 0 atom stereocenters. The molecule has 0 aromatic rings. The SMILES string of the molecule is CC(C)NCC1(CN2CCSCC2)CCOCC1. The number of nitrogens with one attached hydrogen (secondary N) is 1. The van der Waals surface area contributed by atoms with E-state index in [0.29, 0.717) is 11.5 Å². The first-order valence-electron chi connectivity index (χ1n) is 7.31. The van der Waals surface area contributed by atoms with E-state index in [-0.39, 0.29) is 0 Å². The Morgan fingerprint density at radius 3 is 2.50 bits per heavy atom. The maximum Gasteiger partial charge on any atom is 0.0472 e. The third kappa shape index (κ3) is 4.41. The molecule has 2 saturated heterocycles. The normalized spacial score (nSPS) is 25.5. The van der Waals surface area contributed by atoms with Gasteiger partial charge in [-0.05, 0) is 18.3 Å². The van der Waals surface area contributed by atoms with Gasteiger partial charge in [0.15, 0.2) is 0 Å². The van der Waals surface area contributed by atoms with Gasteiger partial charge in [-0.2, -0.15) is 11.8 Å². The number of hydrogen-bond acceptors (Lipinski definition) is 4. The Bertz CT molecular complexity index is 236. The zero-order valence-electron chi connectivity index (χ0n) is 11.9. The van der Waals surface area contributed by atoms with E-state index in [9.17, 15) is 0 Å². The highest BCUT2D eigenvalue weighted by atomic mass is 32.2. The van der Waals surface area contributed by atoms with Crippen molar-refractivity contribution in [1.29, 1.82) is 0 Å². The van der Waals surface area contributed by atoms with Crippen molar-refractivity contribution in [2.75, 3.05) is 50.9 Å². The summed E-state index contributed by atoms with van der Waals surface area (Å²) in [5, 5.41) is 3.66. The first-order valence-corrected chi connectivity index (χ1v) is 8.47. The van der Waals surface area contributed by atoms with Gasteiger partial charge in [0, 0.05) is 56.9 Å². The Hall–Kier alpha value is 0.230. The van der Waals surface area contributed by atoms with Crippen LogP contribution in [0.4, 0.5) is 0 Å². The zero-order chi connectivity index (χ0) is 12.8. The second-order valence-corrected chi connectivity index (χ2v) is 7.26. The van der Waals surface area contributed by atoms with Gasteiger partial charge in [-0.1, -0.05) is 13.8 Å². The van der Waals surface area contributed by atoms with Crippen LogP contribution in [0.25, 0.3) is 0 Å². The lowest BCUT2D eigenvalue weighted by atomic mass is 9.79. The second kappa shape index (κ2) is 7.13. The summed E-state index contributed by atoms with van der Waals surface area (Å²) in [5.74, 6) is 2.62. The maximum absolute atomic E-state index is 5.57. The molecule has 0 unspecified atom stereocenters. The Morgan fingerprint density at radius 1 is 1.22 bits per heavy atom. The molecule has 1 N–H and O–H groups in total. The smallest absolute Gasteiger partial charge is 0.0472 e. The zero-order valence-corrected chi connectivity index (χ0v) is 12.7. The first kappa shape index (κ1) is 14.6. The molecule has 2 fully saturated rings. The molecule has 0 amide bonds. The largest absolute Gasteiger partial charge is 0.381 e. The molecule has 0 bridgehead atoms. The van der Waals surface area contributed by atoms with E-state index >= 15 is 0 Å².